The van der Waals surface area contributed by atoms with Crippen molar-refractivity contribution in [2.45, 2.75) is 24.3 Å². The lowest BCUT2D eigenvalue weighted by molar-refractivity contribution is 0.365. The molecule has 5 nitrogen and oxygen atoms in total. The van der Waals surface area contributed by atoms with Crippen LogP contribution in [-0.4, -0.2) is 39.7 Å². The second kappa shape index (κ2) is 6.75. The number of rotatable bonds is 4. The number of aryl methyl sites for hydroxylation is 1. The van der Waals surface area contributed by atoms with Gasteiger partial charge in [-0.25, -0.2) is 21.2 Å². The second-order valence-corrected chi connectivity index (χ2v) is 10.7. The van der Waals surface area contributed by atoms with Gasteiger partial charge in [-0.05, 0) is 42.3 Å². The van der Waals surface area contributed by atoms with Crippen LogP contribution in [0.15, 0.2) is 47.4 Å². The highest BCUT2D eigenvalue weighted by molar-refractivity contribution is 7.91. The van der Waals surface area contributed by atoms with E-state index in [1.165, 1.54) is 34.6 Å². The van der Waals surface area contributed by atoms with Gasteiger partial charge in [0.25, 0.3) is 0 Å². The van der Waals surface area contributed by atoms with Crippen molar-refractivity contribution in [3.8, 4) is 0 Å². The van der Waals surface area contributed by atoms with Crippen LogP contribution >= 0.6 is 0 Å². The molecule has 0 aromatic heterocycles. The van der Waals surface area contributed by atoms with Crippen molar-refractivity contribution in [3.05, 3.63) is 65.0 Å². The van der Waals surface area contributed by atoms with Crippen molar-refractivity contribution in [1.29, 1.82) is 0 Å². The fraction of sp³-hybridized carbons (Fsp3) is 0.333. The topological polar surface area (TPSA) is 71.5 Å². The molecule has 0 aliphatic carbocycles. The normalized spacial score (nSPS) is 18.5. The fourth-order valence-corrected chi connectivity index (χ4v) is 5.57. The highest BCUT2D eigenvalue weighted by Crippen LogP contribution is 2.32. The number of hydrogen-bond donors (Lipinski definition) is 0. The maximum atomic E-state index is 13.7. The summed E-state index contributed by atoms with van der Waals surface area (Å²) in [6.07, 6.45) is 1.09. The van der Waals surface area contributed by atoms with E-state index in [4.69, 9.17) is 0 Å². The highest BCUT2D eigenvalue weighted by Gasteiger charge is 2.33. The standard InChI is InChI=1S/C18H20FNO4S2/c1-13-3-7-17(8-4-13)26(23,24)12-15-11-20(25(2,21)22)10-14-5-6-16(19)9-18(14)15/h3-9,15H,10-12H2,1-2H3. The molecule has 140 valence electrons. The van der Waals surface area contributed by atoms with E-state index in [2.05, 4.69) is 0 Å². The molecule has 0 N–H and O–H groups in total. The number of nitrogens with zero attached hydrogens (tertiary/aromatic N) is 1. The van der Waals surface area contributed by atoms with Gasteiger partial charge < -0.3 is 0 Å². The Morgan fingerprint density at radius 1 is 1.08 bits per heavy atom. The molecule has 1 unspecified atom stereocenters. The first-order chi connectivity index (χ1) is 12.1. The van der Waals surface area contributed by atoms with Gasteiger partial charge in [-0.3, -0.25) is 0 Å². The average molecular weight is 397 g/mol. The zero-order valence-corrected chi connectivity index (χ0v) is 16.1. The van der Waals surface area contributed by atoms with Crippen LogP contribution in [0.25, 0.3) is 0 Å². The van der Waals surface area contributed by atoms with E-state index in [0.717, 1.165) is 11.8 Å². The minimum atomic E-state index is -3.65. The van der Waals surface area contributed by atoms with Gasteiger partial charge in [-0.15, -0.1) is 0 Å². The second-order valence-electron chi connectivity index (χ2n) is 6.69. The summed E-state index contributed by atoms with van der Waals surface area (Å²) in [4.78, 5) is 0.178. The Morgan fingerprint density at radius 2 is 1.73 bits per heavy atom. The van der Waals surface area contributed by atoms with Crippen molar-refractivity contribution in [2.75, 3.05) is 18.6 Å². The first kappa shape index (κ1) is 19.0. The number of sulfonamides is 1. The lowest BCUT2D eigenvalue weighted by Gasteiger charge is -2.33. The summed E-state index contributed by atoms with van der Waals surface area (Å²) in [6.45, 7) is 2.00. The number of halogens is 1. The molecule has 0 fully saturated rings. The summed E-state index contributed by atoms with van der Waals surface area (Å²) in [7, 11) is -7.14. The van der Waals surface area contributed by atoms with Crippen LogP contribution in [0.1, 0.15) is 22.6 Å². The predicted molar refractivity (Wildman–Crippen MR) is 97.6 cm³/mol. The molecule has 0 spiro atoms. The molecule has 1 atom stereocenters. The Hall–Kier alpha value is -1.77. The Morgan fingerprint density at radius 3 is 2.35 bits per heavy atom. The summed E-state index contributed by atoms with van der Waals surface area (Å²) >= 11 is 0. The van der Waals surface area contributed by atoms with Crippen LogP contribution < -0.4 is 0 Å². The van der Waals surface area contributed by atoms with Crippen molar-refractivity contribution in [3.63, 3.8) is 0 Å². The maximum absolute atomic E-state index is 13.7. The summed E-state index contributed by atoms with van der Waals surface area (Å²) in [5, 5.41) is 0. The van der Waals surface area contributed by atoms with E-state index in [1.54, 1.807) is 12.1 Å². The third-order valence-corrected chi connectivity index (χ3v) is 7.64. The molecule has 1 aliphatic rings. The Bertz CT molecular complexity index is 1030. The lowest BCUT2D eigenvalue weighted by atomic mass is 9.92. The number of hydrogen-bond acceptors (Lipinski definition) is 4. The van der Waals surface area contributed by atoms with Crippen LogP contribution in [0.2, 0.25) is 0 Å². The van der Waals surface area contributed by atoms with Crippen LogP contribution in [-0.2, 0) is 26.4 Å². The zero-order valence-electron chi connectivity index (χ0n) is 14.5. The molecule has 3 rings (SSSR count). The minimum absolute atomic E-state index is 0.0143. The Labute approximate surface area is 153 Å². The van der Waals surface area contributed by atoms with E-state index >= 15 is 0 Å². The smallest absolute Gasteiger partial charge is 0.211 e. The lowest BCUT2D eigenvalue weighted by Crippen LogP contribution is -2.39. The Balaban J connectivity index is 2.00. The summed E-state index contributed by atoms with van der Waals surface area (Å²) < 4.78 is 64.5. The molecule has 1 heterocycles. The molecule has 2 aromatic carbocycles. The zero-order chi connectivity index (χ0) is 19.1. The van der Waals surface area contributed by atoms with Gasteiger partial charge in [0.05, 0.1) is 16.9 Å². The van der Waals surface area contributed by atoms with Gasteiger partial charge in [-0.1, -0.05) is 23.8 Å². The largest absolute Gasteiger partial charge is 0.224 e. The number of benzene rings is 2. The van der Waals surface area contributed by atoms with Crippen LogP contribution in [0.3, 0.4) is 0 Å². The van der Waals surface area contributed by atoms with E-state index in [-0.39, 0.29) is 23.7 Å². The molecular weight excluding hydrogens is 377 g/mol. The summed E-state index contributed by atoms with van der Waals surface area (Å²) in [6, 6.07) is 10.6. The molecule has 0 saturated carbocycles. The first-order valence-corrected chi connectivity index (χ1v) is 11.6. The third kappa shape index (κ3) is 3.97. The van der Waals surface area contributed by atoms with E-state index in [1.807, 2.05) is 6.92 Å². The number of fused-ring (bicyclic) bond motifs is 1. The van der Waals surface area contributed by atoms with Gasteiger partial charge in [0.15, 0.2) is 9.84 Å². The summed E-state index contributed by atoms with van der Waals surface area (Å²) in [5.74, 6) is -1.37. The molecule has 1 aliphatic heterocycles. The van der Waals surface area contributed by atoms with Gasteiger partial charge >= 0.3 is 0 Å². The molecule has 0 radical (unpaired) electrons. The highest BCUT2D eigenvalue weighted by atomic mass is 32.2. The van der Waals surface area contributed by atoms with E-state index < -0.39 is 31.6 Å². The van der Waals surface area contributed by atoms with Crippen molar-refractivity contribution in [2.24, 2.45) is 0 Å². The molecule has 0 bridgehead atoms. The third-order valence-electron chi connectivity index (χ3n) is 4.59. The number of sulfone groups is 1. The molecular formula is C18H20FNO4S2. The van der Waals surface area contributed by atoms with Crippen molar-refractivity contribution in [1.82, 2.24) is 4.31 Å². The van der Waals surface area contributed by atoms with Crippen LogP contribution in [0.5, 0.6) is 0 Å². The predicted octanol–water partition coefficient (Wildman–Crippen LogP) is 2.47. The molecule has 0 amide bonds. The monoisotopic (exact) mass is 397 g/mol. The molecule has 2 aromatic rings. The van der Waals surface area contributed by atoms with Gasteiger partial charge in [-0.2, -0.15) is 4.31 Å². The fourth-order valence-electron chi connectivity index (χ4n) is 3.19. The van der Waals surface area contributed by atoms with Crippen molar-refractivity contribution < 1.29 is 21.2 Å². The minimum Gasteiger partial charge on any atom is -0.224 e. The van der Waals surface area contributed by atoms with Crippen LogP contribution in [0, 0.1) is 12.7 Å². The van der Waals surface area contributed by atoms with Gasteiger partial charge in [0.2, 0.25) is 10.0 Å². The summed E-state index contributed by atoms with van der Waals surface area (Å²) in [5.41, 5.74) is 2.13. The quantitative estimate of drug-likeness (QED) is 0.795. The molecule has 26 heavy (non-hydrogen) atoms. The molecule has 0 saturated heterocycles. The first-order valence-electron chi connectivity index (χ1n) is 8.09. The van der Waals surface area contributed by atoms with Crippen LogP contribution in [0.4, 0.5) is 4.39 Å². The molecule has 8 heteroatoms. The van der Waals surface area contributed by atoms with Gasteiger partial charge in [0, 0.05) is 19.0 Å². The van der Waals surface area contributed by atoms with Crippen molar-refractivity contribution >= 4 is 19.9 Å². The van der Waals surface area contributed by atoms with E-state index in [0.29, 0.717) is 11.1 Å². The Kier molecular flexibility index (Phi) is 4.94. The maximum Gasteiger partial charge on any atom is 0.211 e. The SMILES string of the molecule is Cc1ccc(S(=O)(=O)CC2CN(S(C)(=O)=O)Cc3ccc(F)cc32)cc1. The van der Waals surface area contributed by atoms with Gasteiger partial charge in [0.1, 0.15) is 5.82 Å². The average Bonchev–Trinajstić information content (AvgIpc) is 2.54. The van der Waals surface area contributed by atoms with E-state index in [9.17, 15) is 21.2 Å².